The average Bonchev–Trinajstić information content (AvgIpc) is 2.58. The zero-order valence-corrected chi connectivity index (χ0v) is 6.88. The molecule has 2 spiro atoms. The van der Waals surface area contributed by atoms with Gasteiger partial charge in [-0.2, -0.15) is 0 Å². The Kier molecular flexibility index (Phi) is 1.33. The highest BCUT2D eigenvalue weighted by Gasteiger charge is 2.62. The van der Waals surface area contributed by atoms with Crippen LogP contribution < -0.4 is 0 Å². The fourth-order valence-corrected chi connectivity index (χ4v) is 2.17. The van der Waals surface area contributed by atoms with Gasteiger partial charge in [0, 0.05) is 0 Å². The lowest BCUT2D eigenvalue weighted by Gasteiger charge is -2.48. The minimum Gasteiger partial charge on any atom is -0.347 e. The summed E-state index contributed by atoms with van der Waals surface area (Å²) in [7, 11) is 0. The first-order chi connectivity index (χ1) is 5.83. The Hall–Kier alpha value is -0.160. The van der Waals surface area contributed by atoms with Crippen molar-refractivity contribution in [3.8, 4) is 0 Å². The van der Waals surface area contributed by atoms with Crippen molar-refractivity contribution < 1.29 is 18.9 Å². The van der Waals surface area contributed by atoms with Gasteiger partial charge in [0.1, 0.15) is 0 Å². The molecule has 0 aromatic carbocycles. The Balaban J connectivity index is 1.69. The first kappa shape index (κ1) is 7.26. The molecule has 0 radical (unpaired) electrons. The fourth-order valence-electron chi connectivity index (χ4n) is 2.17. The highest BCUT2D eigenvalue weighted by Crippen LogP contribution is 2.51. The summed E-state index contributed by atoms with van der Waals surface area (Å²) in [6.45, 7) is 2.82. The highest BCUT2D eigenvalue weighted by atomic mass is 16.8. The van der Waals surface area contributed by atoms with E-state index in [1.165, 1.54) is 0 Å². The summed E-state index contributed by atoms with van der Waals surface area (Å²) >= 11 is 0. The maximum absolute atomic E-state index is 5.48. The van der Waals surface area contributed by atoms with Crippen LogP contribution in [-0.2, 0) is 18.9 Å². The molecule has 0 aromatic heterocycles. The second-order valence-electron chi connectivity index (χ2n) is 3.57. The second-order valence-corrected chi connectivity index (χ2v) is 3.57. The highest BCUT2D eigenvalue weighted by molar-refractivity contribution is 4.99. The van der Waals surface area contributed by atoms with E-state index in [9.17, 15) is 0 Å². The van der Waals surface area contributed by atoms with Crippen LogP contribution >= 0.6 is 0 Å². The SMILES string of the molecule is C1COC2(CC3(C2)OCCO3)O1. The van der Waals surface area contributed by atoms with Gasteiger partial charge in [-0.25, -0.2) is 0 Å². The number of rotatable bonds is 0. The van der Waals surface area contributed by atoms with Crippen molar-refractivity contribution in [2.75, 3.05) is 26.4 Å². The zero-order valence-electron chi connectivity index (χ0n) is 6.88. The molecule has 0 unspecified atom stereocenters. The Morgan fingerprint density at radius 1 is 0.583 bits per heavy atom. The van der Waals surface area contributed by atoms with Crippen molar-refractivity contribution in [3.05, 3.63) is 0 Å². The van der Waals surface area contributed by atoms with E-state index in [1.807, 2.05) is 0 Å². The molecular weight excluding hydrogens is 160 g/mol. The van der Waals surface area contributed by atoms with Crippen molar-refractivity contribution in [1.82, 2.24) is 0 Å². The van der Waals surface area contributed by atoms with E-state index in [0.717, 1.165) is 12.8 Å². The first-order valence-corrected chi connectivity index (χ1v) is 4.39. The van der Waals surface area contributed by atoms with Crippen LogP contribution in [0.25, 0.3) is 0 Å². The summed E-state index contributed by atoms with van der Waals surface area (Å²) in [5.74, 6) is -0.714. The third kappa shape index (κ3) is 0.864. The molecule has 0 N–H and O–H groups in total. The molecule has 3 rings (SSSR count). The third-order valence-electron chi connectivity index (χ3n) is 2.70. The van der Waals surface area contributed by atoms with Gasteiger partial charge in [-0.05, 0) is 0 Å². The summed E-state index contributed by atoms with van der Waals surface area (Å²) in [5, 5.41) is 0. The number of ether oxygens (including phenoxy) is 4. The lowest BCUT2D eigenvalue weighted by atomic mass is 9.83. The van der Waals surface area contributed by atoms with Crippen LogP contribution in [0, 0.1) is 0 Å². The molecule has 3 fully saturated rings. The molecule has 12 heavy (non-hydrogen) atoms. The van der Waals surface area contributed by atoms with Crippen molar-refractivity contribution >= 4 is 0 Å². The molecule has 2 aliphatic heterocycles. The molecule has 3 aliphatic rings. The smallest absolute Gasteiger partial charge is 0.178 e. The Morgan fingerprint density at radius 3 is 1.25 bits per heavy atom. The summed E-state index contributed by atoms with van der Waals surface area (Å²) in [6.07, 6.45) is 1.47. The first-order valence-electron chi connectivity index (χ1n) is 4.39. The van der Waals surface area contributed by atoms with Crippen molar-refractivity contribution in [1.29, 1.82) is 0 Å². The standard InChI is InChI=1S/C8H12O4/c1-2-10-7(9-1)5-8(6-7)11-3-4-12-8/h1-6H2. The van der Waals surface area contributed by atoms with Gasteiger partial charge in [0.2, 0.25) is 0 Å². The maximum Gasteiger partial charge on any atom is 0.178 e. The molecule has 0 atom stereocenters. The topological polar surface area (TPSA) is 36.9 Å². The molecule has 4 heteroatoms. The van der Waals surface area contributed by atoms with Crippen LogP contribution in [0.3, 0.4) is 0 Å². The summed E-state index contributed by atoms with van der Waals surface area (Å²) < 4.78 is 21.9. The van der Waals surface area contributed by atoms with Gasteiger partial charge < -0.3 is 18.9 Å². The Morgan fingerprint density at radius 2 is 0.917 bits per heavy atom. The molecule has 1 saturated carbocycles. The second kappa shape index (κ2) is 2.20. The minimum atomic E-state index is -0.357. The predicted molar refractivity (Wildman–Crippen MR) is 38.5 cm³/mol. The van der Waals surface area contributed by atoms with Gasteiger partial charge in [0.25, 0.3) is 0 Å². The zero-order chi connectivity index (χ0) is 8.07. The molecule has 2 saturated heterocycles. The predicted octanol–water partition coefficient (Wildman–Crippen LogP) is 0.266. The quantitative estimate of drug-likeness (QED) is 0.525. The minimum absolute atomic E-state index is 0.357. The van der Waals surface area contributed by atoms with Gasteiger partial charge >= 0.3 is 0 Å². The van der Waals surface area contributed by atoms with Crippen molar-refractivity contribution in [2.24, 2.45) is 0 Å². The van der Waals surface area contributed by atoms with Crippen LogP contribution in [0.2, 0.25) is 0 Å². The molecule has 0 bridgehead atoms. The average molecular weight is 172 g/mol. The number of hydrogen-bond acceptors (Lipinski definition) is 4. The molecule has 0 amide bonds. The van der Waals surface area contributed by atoms with Gasteiger partial charge in [-0.1, -0.05) is 0 Å². The Bertz CT molecular complexity index is 161. The summed E-state index contributed by atoms with van der Waals surface area (Å²) in [4.78, 5) is 0. The van der Waals surface area contributed by atoms with Gasteiger partial charge in [0.05, 0.1) is 39.3 Å². The molecule has 4 nitrogen and oxygen atoms in total. The molecule has 1 aliphatic carbocycles. The van der Waals surface area contributed by atoms with E-state index in [4.69, 9.17) is 18.9 Å². The van der Waals surface area contributed by atoms with Gasteiger partial charge in [0.15, 0.2) is 11.6 Å². The van der Waals surface area contributed by atoms with E-state index < -0.39 is 0 Å². The lowest BCUT2D eigenvalue weighted by molar-refractivity contribution is -0.348. The van der Waals surface area contributed by atoms with Crippen molar-refractivity contribution in [2.45, 2.75) is 24.4 Å². The van der Waals surface area contributed by atoms with Crippen LogP contribution in [-0.4, -0.2) is 38.0 Å². The van der Waals surface area contributed by atoms with Crippen LogP contribution in [0.4, 0.5) is 0 Å². The molecule has 2 heterocycles. The van der Waals surface area contributed by atoms with E-state index in [-0.39, 0.29) is 11.6 Å². The largest absolute Gasteiger partial charge is 0.347 e. The van der Waals surface area contributed by atoms with Crippen LogP contribution in [0.15, 0.2) is 0 Å². The molecular formula is C8H12O4. The molecule has 0 aromatic rings. The fraction of sp³-hybridized carbons (Fsp3) is 1.00. The lowest BCUT2D eigenvalue weighted by Crippen LogP contribution is -2.58. The monoisotopic (exact) mass is 172 g/mol. The van der Waals surface area contributed by atoms with Crippen molar-refractivity contribution in [3.63, 3.8) is 0 Å². The Labute approximate surface area is 70.7 Å². The van der Waals surface area contributed by atoms with E-state index in [0.29, 0.717) is 26.4 Å². The third-order valence-corrected chi connectivity index (χ3v) is 2.70. The normalized spacial score (nSPS) is 36.0. The van der Waals surface area contributed by atoms with Gasteiger partial charge in [-0.15, -0.1) is 0 Å². The molecule has 68 valence electrons. The van der Waals surface area contributed by atoms with E-state index >= 15 is 0 Å². The summed E-state index contributed by atoms with van der Waals surface area (Å²) in [5.41, 5.74) is 0. The van der Waals surface area contributed by atoms with E-state index in [2.05, 4.69) is 0 Å². The summed E-state index contributed by atoms with van der Waals surface area (Å²) in [6, 6.07) is 0. The van der Waals surface area contributed by atoms with Gasteiger partial charge in [-0.3, -0.25) is 0 Å². The van der Waals surface area contributed by atoms with Crippen LogP contribution in [0.1, 0.15) is 12.8 Å². The number of hydrogen-bond donors (Lipinski definition) is 0. The van der Waals surface area contributed by atoms with Crippen LogP contribution in [0.5, 0.6) is 0 Å². The maximum atomic E-state index is 5.48. The van der Waals surface area contributed by atoms with E-state index in [1.54, 1.807) is 0 Å².